The van der Waals surface area contributed by atoms with Crippen molar-refractivity contribution in [3.05, 3.63) is 71.8 Å². The van der Waals surface area contributed by atoms with E-state index >= 15 is 0 Å². The molecule has 0 unspecified atom stereocenters. The van der Waals surface area contributed by atoms with Crippen LogP contribution in [0.2, 0.25) is 0 Å². The summed E-state index contributed by atoms with van der Waals surface area (Å²) in [6.45, 7) is 6.34. The maximum Gasteiger partial charge on any atom is 0.263 e. The SMILES string of the molecule is CCC(CC)COC(C(=O)N(C)CCN(C)C)(c1ccccc1)c1ccccc1. The molecule has 0 aliphatic carbocycles. The van der Waals surface area contributed by atoms with Gasteiger partial charge in [0.2, 0.25) is 0 Å². The Morgan fingerprint density at radius 3 is 1.76 bits per heavy atom. The van der Waals surface area contributed by atoms with E-state index in [1.807, 2.05) is 81.8 Å². The molecule has 2 aromatic rings. The predicted molar refractivity (Wildman–Crippen MR) is 120 cm³/mol. The number of likely N-dealkylation sites (N-methyl/N-ethyl adjacent to an activating group) is 2. The van der Waals surface area contributed by atoms with Crippen LogP contribution in [-0.4, -0.2) is 56.5 Å². The third kappa shape index (κ3) is 5.68. The highest BCUT2D eigenvalue weighted by atomic mass is 16.5. The summed E-state index contributed by atoms with van der Waals surface area (Å²) in [5, 5.41) is 0. The Hall–Kier alpha value is -2.17. The molecule has 1 amide bonds. The highest BCUT2D eigenvalue weighted by molar-refractivity contribution is 5.90. The lowest BCUT2D eigenvalue weighted by atomic mass is 9.84. The van der Waals surface area contributed by atoms with E-state index in [1.165, 1.54) is 0 Å². The third-order valence-electron chi connectivity index (χ3n) is 5.58. The number of hydrogen-bond donors (Lipinski definition) is 0. The van der Waals surface area contributed by atoms with Crippen molar-refractivity contribution >= 4 is 5.91 Å². The molecule has 0 aromatic heterocycles. The number of rotatable bonds is 11. The molecule has 0 atom stereocenters. The summed E-state index contributed by atoms with van der Waals surface area (Å²) in [5.74, 6) is 0.393. The predicted octanol–water partition coefficient (Wildman–Crippen LogP) is 4.40. The van der Waals surface area contributed by atoms with Gasteiger partial charge in [0.1, 0.15) is 0 Å². The van der Waals surface area contributed by atoms with Crippen LogP contribution in [0.15, 0.2) is 60.7 Å². The number of ether oxygens (including phenoxy) is 1. The minimum absolute atomic E-state index is 0.0253. The van der Waals surface area contributed by atoms with Gasteiger partial charge in [-0.1, -0.05) is 87.4 Å². The molecule has 158 valence electrons. The smallest absolute Gasteiger partial charge is 0.263 e. The fourth-order valence-electron chi connectivity index (χ4n) is 3.48. The molecule has 0 fully saturated rings. The van der Waals surface area contributed by atoms with E-state index in [0.717, 1.165) is 30.5 Å². The fraction of sp³-hybridized carbons (Fsp3) is 0.480. The molecule has 0 aliphatic rings. The second-order valence-corrected chi connectivity index (χ2v) is 7.94. The maximum absolute atomic E-state index is 14.0. The first kappa shape index (κ1) is 23.1. The molecule has 0 bridgehead atoms. The number of carbonyl (C=O) groups is 1. The van der Waals surface area contributed by atoms with Gasteiger partial charge in [-0.25, -0.2) is 0 Å². The van der Waals surface area contributed by atoms with Crippen LogP contribution in [0.4, 0.5) is 0 Å². The Balaban J connectivity index is 2.54. The van der Waals surface area contributed by atoms with Crippen molar-refractivity contribution < 1.29 is 9.53 Å². The van der Waals surface area contributed by atoms with Crippen LogP contribution in [0.5, 0.6) is 0 Å². The van der Waals surface area contributed by atoms with Crippen LogP contribution in [0.1, 0.15) is 37.8 Å². The van der Waals surface area contributed by atoms with Gasteiger partial charge in [0.05, 0.1) is 6.61 Å². The van der Waals surface area contributed by atoms with Gasteiger partial charge in [-0.3, -0.25) is 4.79 Å². The fourth-order valence-corrected chi connectivity index (χ4v) is 3.48. The van der Waals surface area contributed by atoms with Crippen molar-refractivity contribution in [2.45, 2.75) is 32.3 Å². The van der Waals surface area contributed by atoms with E-state index in [1.54, 1.807) is 4.90 Å². The van der Waals surface area contributed by atoms with Gasteiger partial charge >= 0.3 is 0 Å². The van der Waals surface area contributed by atoms with E-state index in [9.17, 15) is 4.79 Å². The summed E-state index contributed by atoms with van der Waals surface area (Å²) in [4.78, 5) is 17.8. The minimum Gasteiger partial charge on any atom is -0.355 e. The van der Waals surface area contributed by atoms with E-state index in [0.29, 0.717) is 19.1 Å². The average molecular weight is 397 g/mol. The summed E-state index contributed by atoms with van der Waals surface area (Å²) < 4.78 is 6.63. The molecule has 0 N–H and O–H groups in total. The minimum atomic E-state index is -1.15. The van der Waals surface area contributed by atoms with Crippen molar-refractivity contribution in [3.8, 4) is 0 Å². The first-order valence-electron chi connectivity index (χ1n) is 10.6. The zero-order chi connectivity index (χ0) is 21.3. The lowest BCUT2D eigenvalue weighted by Gasteiger charge is -2.38. The summed E-state index contributed by atoms with van der Waals surface area (Å²) in [6, 6.07) is 19.8. The second kappa shape index (κ2) is 11.1. The van der Waals surface area contributed by atoms with Gasteiger partial charge in [-0.05, 0) is 31.1 Å². The van der Waals surface area contributed by atoms with Gasteiger partial charge in [0.15, 0.2) is 5.60 Å². The summed E-state index contributed by atoms with van der Waals surface area (Å²) >= 11 is 0. The van der Waals surface area contributed by atoms with Crippen LogP contribution in [0, 0.1) is 5.92 Å². The molecule has 29 heavy (non-hydrogen) atoms. The number of amides is 1. The van der Waals surface area contributed by atoms with Crippen molar-refractivity contribution in [1.82, 2.24) is 9.80 Å². The van der Waals surface area contributed by atoms with Gasteiger partial charge in [0.25, 0.3) is 5.91 Å². The topological polar surface area (TPSA) is 32.8 Å². The lowest BCUT2D eigenvalue weighted by molar-refractivity contribution is -0.155. The second-order valence-electron chi connectivity index (χ2n) is 7.94. The number of hydrogen-bond acceptors (Lipinski definition) is 3. The lowest BCUT2D eigenvalue weighted by Crippen LogP contribution is -2.50. The molecule has 4 nitrogen and oxygen atoms in total. The summed E-state index contributed by atoms with van der Waals surface area (Å²) in [7, 11) is 5.90. The summed E-state index contributed by atoms with van der Waals surface area (Å²) in [6.07, 6.45) is 2.06. The molecule has 4 heteroatoms. The summed E-state index contributed by atoms with van der Waals surface area (Å²) in [5.41, 5.74) is 0.601. The highest BCUT2D eigenvalue weighted by Gasteiger charge is 2.45. The van der Waals surface area contributed by atoms with Crippen molar-refractivity contribution in [1.29, 1.82) is 0 Å². The van der Waals surface area contributed by atoms with Gasteiger partial charge in [0, 0.05) is 20.1 Å². The van der Waals surface area contributed by atoms with Crippen molar-refractivity contribution in [2.75, 3.05) is 40.8 Å². The Kier molecular flexibility index (Phi) is 8.87. The van der Waals surface area contributed by atoms with Crippen molar-refractivity contribution in [2.24, 2.45) is 5.92 Å². The monoisotopic (exact) mass is 396 g/mol. The Morgan fingerprint density at radius 1 is 0.862 bits per heavy atom. The molecule has 2 rings (SSSR count). The van der Waals surface area contributed by atoms with Gasteiger partial charge in [-0.15, -0.1) is 0 Å². The normalized spacial score (nSPS) is 11.8. The molecule has 0 saturated heterocycles. The van der Waals surface area contributed by atoms with Crippen LogP contribution in [0.3, 0.4) is 0 Å². The first-order chi connectivity index (χ1) is 14.0. The van der Waals surface area contributed by atoms with Gasteiger partial charge in [-0.2, -0.15) is 0 Å². The highest BCUT2D eigenvalue weighted by Crippen LogP contribution is 2.36. The molecule has 0 radical (unpaired) electrons. The molecule has 0 saturated carbocycles. The third-order valence-corrected chi connectivity index (χ3v) is 5.58. The van der Waals surface area contributed by atoms with E-state index < -0.39 is 5.60 Å². The molecule has 0 aliphatic heterocycles. The van der Waals surface area contributed by atoms with E-state index in [4.69, 9.17) is 4.74 Å². The molecule has 2 aromatic carbocycles. The standard InChI is InChI=1S/C25H36N2O2/c1-6-21(7-2)20-29-25(22-14-10-8-11-15-22,23-16-12-9-13-17-23)24(28)27(5)19-18-26(3)4/h8-17,21H,6-7,18-20H2,1-5H3. The zero-order valence-corrected chi connectivity index (χ0v) is 18.6. The quantitative estimate of drug-likeness (QED) is 0.564. The average Bonchev–Trinajstić information content (AvgIpc) is 2.76. The Labute approximate surface area is 176 Å². The Morgan fingerprint density at radius 2 is 1.34 bits per heavy atom. The Bertz CT molecular complexity index is 688. The van der Waals surface area contributed by atoms with Crippen LogP contribution in [0.25, 0.3) is 0 Å². The first-order valence-corrected chi connectivity index (χ1v) is 10.6. The van der Waals surface area contributed by atoms with Gasteiger partial charge < -0.3 is 14.5 Å². The molecule has 0 spiro atoms. The number of carbonyl (C=O) groups excluding carboxylic acids is 1. The largest absolute Gasteiger partial charge is 0.355 e. The van der Waals surface area contributed by atoms with E-state index in [-0.39, 0.29) is 5.91 Å². The molecular weight excluding hydrogens is 360 g/mol. The zero-order valence-electron chi connectivity index (χ0n) is 18.6. The van der Waals surface area contributed by atoms with Crippen LogP contribution >= 0.6 is 0 Å². The van der Waals surface area contributed by atoms with E-state index in [2.05, 4.69) is 18.7 Å². The maximum atomic E-state index is 14.0. The molecular formula is C25H36N2O2. The van der Waals surface area contributed by atoms with Crippen LogP contribution < -0.4 is 0 Å². The van der Waals surface area contributed by atoms with Crippen LogP contribution in [-0.2, 0) is 15.1 Å². The number of nitrogens with zero attached hydrogens (tertiary/aromatic N) is 2. The number of benzene rings is 2. The van der Waals surface area contributed by atoms with Crippen molar-refractivity contribution in [3.63, 3.8) is 0 Å². The molecule has 0 heterocycles.